The van der Waals surface area contributed by atoms with Gasteiger partial charge >= 0.3 is 6.03 Å². The predicted molar refractivity (Wildman–Crippen MR) is 57.5 cm³/mol. The SMILES string of the molecule is O=C1NCCCN1CCc1ccccn1. The Morgan fingerprint density at radius 2 is 2.40 bits per heavy atom. The van der Waals surface area contributed by atoms with Crippen LogP contribution in [0, 0.1) is 0 Å². The molecule has 1 aliphatic heterocycles. The van der Waals surface area contributed by atoms with Crippen LogP contribution in [0.15, 0.2) is 24.4 Å². The number of urea groups is 1. The molecule has 0 unspecified atom stereocenters. The van der Waals surface area contributed by atoms with Gasteiger partial charge in [0, 0.05) is 37.9 Å². The number of nitrogens with one attached hydrogen (secondary N) is 1. The first-order valence-corrected chi connectivity index (χ1v) is 5.29. The molecular weight excluding hydrogens is 190 g/mol. The average molecular weight is 205 g/mol. The van der Waals surface area contributed by atoms with Crippen molar-refractivity contribution in [2.24, 2.45) is 0 Å². The van der Waals surface area contributed by atoms with Crippen LogP contribution < -0.4 is 5.32 Å². The van der Waals surface area contributed by atoms with E-state index in [9.17, 15) is 4.79 Å². The minimum Gasteiger partial charge on any atom is -0.338 e. The summed E-state index contributed by atoms with van der Waals surface area (Å²) in [5.74, 6) is 0. The van der Waals surface area contributed by atoms with Crippen LogP contribution in [0.5, 0.6) is 0 Å². The van der Waals surface area contributed by atoms with Crippen LogP contribution in [0.25, 0.3) is 0 Å². The Kier molecular flexibility index (Phi) is 3.17. The zero-order valence-corrected chi connectivity index (χ0v) is 8.65. The summed E-state index contributed by atoms with van der Waals surface area (Å²) in [7, 11) is 0. The standard InChI is InChI=1S/C11H15N3O/c15-11-13-7-3-8-14(11)9-5-10-4-1-2-6-12-10/h1-2,4,6H,3,5,7-9H2,(H,13,15). The Hall–Kier alpha value is -1.58. The molecule has 0 radical (unpaired) electrons. The Bertz CT molecular complexity index is 326. The van der Waals surface area contributed by atoms with Crippen molar-refractivity contribution in [2.45, 2.75) is 12.8 Å². The fraction of sp³-hybridized carbons (Fsp3) is 0.455. The van der Waals surface area contributed by atoms with Gasteiger partial charge in [-0.3, -0.25) is 4.98 Å². The second-order valence-corrected chi connectivity index (χ2v) is 3.64. The van der Waals surface area contributed by atoms with E-state index in [2.05, 4.69) is 10.3 Å². The van der Waals surface area contributed by atoms with Crippen molar-refractivity contribution in [1.29, 1.82) is 0 Å². The Morgan fingerprint density at radius 1 is 1.47 bits per heavy atom. The molecule has 2 heterocycles. The zero-order chi connectivity index (χ0) is 10.5. The summed E-state index contributed by atoms with van der Waals surface area (Å²) < 4.78 is 0. The van der Waals surface area contributed by atoms with E-state index in [0.29, 0.717) is 0 Å². The molecular formula is C11H15N3O. The monoisotopic (exact) mass is 205 g/mol. The van der Waals surface area contributed by atoms with Gasteiger partial charge in [0.05, 0.1) is 0 Å². The molecule has 1 saturated heterocycles. The highest BCUT2D eigenvalue weighted by Gasteiger charge is 2.16. The molecule has 0 saturated carbocycles. The lowest BCUT2D eigenvalue weighted by molar-refractivity contribution is 0.187. The van der Waals surface area contributed by atoms with Crippen molar-refractivity contribution in [1.82, 2.24) is 15.2 Å². The molecule has 0 spiro atoms. The van der Waals surface area contributed by atoms with E-state index in [4.69, 9.17) is 0 Å². The number of aromatic nitrogens is 1. The zero-order valence-electron chi connectivity index (χ0n) is 8.65. The fourth-order valence-corrected chi connectivity index (χ4v) is 1.69. The molecule has 0 aromatic carbocycles. The first-order valence-electron chi connectivity index (χ1n) is 5.29. The number of carbonyl (C=O) groups excluding carboxylic acids is 1. The second-order valence-electron chi connectivity index (χ2n) is 3.64. The number of hydrogen-bond donors (Lipinski definition) is 1. The van der Waals surface area contributed by atoms with Gasteiger partial charge in [0.1, 0.15) is 0 Å². The summed E-state index contributed by atoms with van der Waals surface area (Å²) >= 11 is 0. The van der Waals surface area contributed by atoms with Gasteiger partial charge < -0.3 is 10.2 Å². The maximum atomic E-state index is 11.4. The molecule has 4 nitrogen and oxygen atoms in total. The first kappa shape index (κ1) is 9.96. The molecule has 0 atom stereocenters. The van der Waals surface area contributed by atoms with Crippen molar-refractivity contribution in [3.05, 3.63) is 30.1 Å². The van der Waals surface area contributed by atoms with Crippen LogP contribution in [0.1, 0.15) is 12.1 Å². The predicted octanol–water partition coefficient (Wildman–Crippen LogP) is 1.04. The van der Waals surface area contributed by atoms with E-state index in [1.54, 1.807) is 6.20 Å². The molecule has 80 valence electrons. The summed E-state index contributed by atoms with van der Waals surface area (Å²) in [5.41, 5.74) is 1.04. The topological polar surface area (TPSA) is 45.2 Å². The van der Waals surface area contributed by atoms with Gasteiger partial charge in [-0.05, 0) is 18.6 Å². The van der Waals surface area contributed by atoms with Crippen LogP contribution in [-0.4, -0.2) is 35.5 Å². The van der Waals surface area contributed by atoms with Gasteiger partial charge in [-0.25, -0.2) is 4.79 Å². The Balaban J connectivity index is 1.85. The number of pyridine rings is 1. The molecule has 1 fully saturated rings. The van der Waals surface area contributed by atoms with Crippen molar-refractivity contribution < 1.29 is 4.79 Å². The normalized spacial score (nSPS) is 16.3. The van der Waals surface area contributed by atoms with E-state index < -0.39 is 0 Å². The number of rotatable bonds is 3. The summed E-state index contributed by atoms with van der Waals surface area (Å²) in [6, 6.07) is 5.91. The van der Waals surface area contributed by atoms with Gasteiger partial charge in [-0.2, -0.15) is 0 Å². The molecule has 4 heteroatoms. The smallest absolute Gasteiger partial charge is 0.317 e. The summed E-state index contributed by atoms with van der Waals surface area (Å²) in [5, 5.41) is 2.83. The van der Waals surface area contributed by atoms with Gasteiger partial charge in [0.15, 0.2) is 0 Å². The number of nitrogens with zero attached hydrogens (tertiary/aromatic N) is 2. The van der Waals surface area contributed by atoms with E-state index in [1.165, 1.54) is 0 Å². The van der Waals surface area contributed by atoms with Crippen molar-refractivity contribution >= 4 is 6.03 Å². The minimum atomic E-state index is 0.0529. The average Bonchev–Trinajstić information content (AvgIpc) is 2.29. The molecule has 0 bridgehead atoms. The fourth-order valence-electron chi connectivity index (χ4n) is 1.69. The summed E-state index contributed by atoms with van der Waals surface area (Å²) in [6.07, 6.45) is 3.65. The highest BCUT2D eigenvalue weighted by molar-refractivity contribution is 5.74. The number of carbonyl (C=O) groups is 1. The molecule has 1 aromatic heterocycles. The third-order valence-corrected chi connectivity index (χ3v) is 2.53. The maximum absolute atomic E-state index is 11.4. The molecule has 0 aliphatic carbocycles. The number of hydrogen-bond acceptors (Lipinski definition) is 2. The molecule has 2 amide bonds. The first-order chi connectivity index (χ1) is 7.36. The molecule has 1 aromatic rings. The van der Waals surface area contributed by atoms with E-state index in [-0.39, 0.29) is 6.03 Å². The lowest BCUT2D eigenvalue weighted by Gasteiger charge is -2.27. The van der Waals surface area contributed by atoms with Gasteiger partial charge in [-0.15, -0.1) is 0 Å². The number of amides is 2. The third kappa shape index (κ3) is 2.68. The maximum Gasteiger partial charge on any atom is 0.317 e. The van der Waals surface area contributed by atoms with Gasteiger partial charge in [0.2, 0.25) is 0 Å². The largest absolute Gasteiger partial charge is 0.338 e. The van der Waals surface area contributed by atoms with Crippen LogP contribution in [0.2, 0.25) is 0 Å². The van der Waals surface area contributed by atoms with Crippen LogP contribution in [-0.2, 0) is 6.42 Å². The van der Waals surface area contributed by atoms with E-state index >= 15 is 0 Å². The minimum absolute atomic E-state index is 0.0529. The van der Waals surface area contributed by atoms with Crippen molar-refractivity contribution in [3.8, 4) is 0 Å². The van der Waals surface area contributed by atoms with Gasteiger partial charge in [-0.1, -0.05) is 6.07 Å². The van der Waals surface area contributed by atoms with Crippen LogP contribution >= 0.6 is 0 Å². The lowest BCUT2D eigenvalue weighted by atomic mass is 10.2. The Morgan fingerprint density at radius 3 is 3.13 bits per heavy atom. The highest BCUT2D eigenvalue weighted by Crippen LogP contribution is 2.02. The summed E-state index contributed by atoms with van der Waals surface area (Å²) in [4.78, 5) is 17.5. The summed E-state index contributed by atoms with van der Waals surface area (Å²) in [6.45, 7) is 2.42. The second kappa shape index (κ2) is 4.77. The van der Waals surface area contributed by atoms with Crippen molar-refractivity contribution in [3.63, 3.8) is 0 Å². The molecule has 2 rings (SSSR count). The molecule has 1 aliphatic rings. The van der Waals surface area contributed by atoms with E-state index in [0.717, 1.165) is 38.2 Å². The third-order valence-electron chi connectivity index (χ3n) is 2.53. The lowest BCUT2D eigenvalue weighted by Crippen LogP contribution is -2.47. The van der Waals surface area contributed by atoms with Crippen molar-refractivity contribution in [2.75, 3.05) is 19.6 Å². The van der Waals surface area contributed by atoms with Crippen LogP contribution in [0.4, 0.5) is 4.79 Å². The highest BCUT2D eigenvalue weighted by atomic mass is 16.2. The van der Waals surface area contributed by atoms with E-state index in [1.807, 2.05) is 23.1 Å². The quantitative estimate of drug-likeness (QED) is 0.801. The van der Waals surface area contributed by atoms with Gasteiger partial charge in [0.25, 0.3) is 0 Å². The molecule has 15 heavy (non-hydrogen) atoms. The Labute approximate surface area is 89.3 Å². The van der Waals surface area contributed by atoms with Crippen LogP contribution in [0.3, 0.4) is 0 Å². The molecule has 1 N–H and O–H groups in total.